The number of carbonyl (C=O) groups is 2. The van der Waals surface area contributed by atoms with E-state index in [4.69, 9.17) is 0 Å². The zero-order chi connectivity index (χ0) is 22.0. The van der Waals surface area contributed by atoms with Gasteiger partial charge in [0, 0.05) is 22.3 Å². The molecule has 2 amide bonds. The molecule has 0 fully saturated rings. The van der Waals surface area contributed by atoms with Crippen LogP contribution >= 0.6 is 11.8 Å². The SMILES string of the molecule is CC1Sc2ccc(C(=O)Nc3ccc(S(=O)(=O)Nc4ccccn4)cc3)cc2NC1=O. The van der Waals surface area contributed by atoms with Crippen molar-refractivity contribution >= 4 is 50.8 Å². The standard InChI is InChI=1S/C21H18N4O4S2/c1-13-20(26)24-17-12-14(5-10-18(17)30-13)21(27)23-15-6-8-16(9-7-15)31(28,29)25-19-4-2-3-11-22-19/h2-13H,1H3,(H,22,25)(H,23,27)(H,24,26). The summed E-state index contributed by atoms with van der Waals surface area (Å²) >= 11 is 1.44. The summed E-state index contributed by atoms with van der Waals surface area (Å²) in [7, 11) is -3.80. The molecule has 3 aromatic rings. The molecule has 2 heterocycles. The van der Waals surface area contributed by atoms with Gasteiger partial charge in [-0.05, 0) is 61.5 Å². The summed E-state index contributed by atoms with van der Waals surface area (Å²) < 4.78 is 27.3. The zero-order valence-electron chi connectivity index (χ0n) is 16.3. The molecule has 0 saturated heterocycles. The van der Waals surface area contributed by atoms with E-state index >= 15 is 0 Å². The van der Waals surface area contributed by atoms with Crippen LogP contribution in [0.1, 0.15) is 17.3 Å². The number of hydrogen-bond acceptors (Lipinski definition) is 6. The van der Waals surface area contributed by atoms with Crippen LogP contribution in [0.5, 0.6) is 0 Å². The summed E-state index contributed by atoms with van der Waals surface area (Å²) in [5.41, 5.74) is 1.41. The molecule has 1 aliphatic heterocycles. The minimum Gasteiger partial charge on any atom is -0.324 e. The van der Waals surface area contributed by atoms with Gasteiger partial charge in [-0.3, -0.25) is 14.3 Å². The molecule has 0 radical (unpaired) electrons. The lowest BCUT2D eigenvalue weighted by molar-refractivity contribution is -0.115. The van der Waals surface area contributed by atoms with Crippen molar-refractivity contribution in [3.8, 4) is 0 Å². The molecule has 8 nitrogen and oxygen atoms in total. The van der Waals surface area contributed by atoms with E-state index < -0.39 is 10.0 Å². The Labute approximate surface area is 183 Å². The summed E-state index contributed by atoms with van der Waals surface area (Å²) in [6, 6.07) is 15.8. The minimum atomic E-state index is -3.80. The van der Waals surface area contributed by atoms with Crippen molar-refractivity contribution in [3.05, 3.63) is 72.4 Å². The second-order valence-electron chi connectivity index (χ2n) is 6.76. The molecule has 0 aliphatic carbocycles. The number of pyridine rings is 1. The maximum atomic E-state index is 12.6. The zero-order valence-corrected chi connectivity index (χ0v) is 18.0. The number of hydrogen-bond donors (Lipinski definition) is 3. The Hall–Kier alpha value is -3.37. The van der Waals surface area contributed by atoms with Crippen LogP contribution in [0.3, 0.4) is 0 Å². The number of nitrogens with one attached hydrogen (secondary N) is 3. The third-order valence-electron chi connectivity index (χ3n) is 4.50. The molecule has 31 heavy (non-hydrogen) atoms. The van der Waals surface area contributed by atoms with Gasteiger partial charge >= 0.3 is 0 Å². The van der Waals surface area contributed by atoms with Crippen molar-refractivity contribution in [2.24, 2.45) is 0 Å². The number of thioether (sulfide) groups is 1. The molecule has 1 aromatic heterocycles. The molecule has 1 unspecified atom stereocenters. The quantitative estimate of drug-likeness (QED) is 0.543. The number of benzene rings is 2. The average Bonchev–Trinajstić information content (AvgIpc) is 2.75. The Morgan fingerprint density at radius 3 is 2.58 bits per heavy atom. The minimum absolute atomic E-state index is 0.0405. The largest absolute Gasteiger partial charge is 0.324 e. The first-order valence-electron chi connectivity index (χ1n) is 9.29. The van der Waals surface area contributed by atoms with Gasteiger partial charge in [0.1, 0.15) is 5.82 Å². The summed E-state index contributed by atoms with van der Waals surface area (Å²) in [4.78, 5) is 29.4. The summed E-state index contributed by atoms with van der Waals surface area (Å²) in [6.07, 6.45) is 1.49. The number of aromatic nitrogens is 1. The van der Waals surface area contributed by atoms with Crippen molar-refractivity contribution in [3.63, 3.8) is 0 Å². The van der Waals surface area contributed by atoms with Crippen LogP contribution in [-0.4, -0.2) is 30.5 Å². The molecular weight excluding hydrogens is 436 g/mol. The Morgan fingerprint density at radius 2 is 1.87 bits per heavy atom. The Kier molecular flexibility index (Phi) is 5.66. The molecule has 1 atom stereocenters. The van der Waals surface area contributed by atoms with Gasteiger partial charge in [-0.15, -0.1) is 11.8 Å². The van der Waals surface area contributed by atoms with Crippen molar-refractivity contribution in [1.82, 2.24) is 4.98 Å². The van der Waals surface area contributed by atoms with Crippen LogP contribution in [0.2, 0.25) is 0 Å². The lowest BCUT2D eigenvalue weighted by Gasteiger charge is -2.21. The monoisotopic (exact) mass is 454 g/mol. The fourth-order valence-corrected chi connectivity index (χ4v) is 4.83. The summed E-state index contributed by atoms with van der Waals surface area (Å²) in [5, 5.41) is 5.34. The van der Waals surface area contributed by atoms with Crippen molar-refractivity contribution in [2.45, 2.75) is 22.0 Å². The highest BCUT2D eigenvalue weighted by atomic mass is 32.2. The van der Waals surface area contributed by atoms with Gasteiger partial charge in [0.15, 0.2) is 0 Å². The molecule has 1 aliphatic rings. The molecule has 10 heteroatoms. The van der Waals surface area contributed by atoms with E-state index in [0.29, 0.717) is 16.9 Å². The van der Waals surface area contributed by atoms with E-state index in [1.165, 1.54) is 42.2 Å². The molecule has 0 spiro atoms. The lowest BCUT2D eigenvalue weighted by atomic mass is 10.1. The van der Waals surface area contributed by atoms with Crippen LogP contribution < -0.4 is 15.4 Å². The third kappa shape index (κ3) is 4.70. The maximum absolute atomic E-state index is 12.6. The highest BCUT2D eigenvalue weighted by Crippen LogP contribution is 2.36. The smallest absolute Gasteiger partial charge is 0.263 e. The average molecular weight is 455 g/mol. The molecule has 4 rings (SSSR count). The normalized spacial score (nSPS) is 15.5. The van der Waals surface area contributed by atoms with Gasteiger partial charge in [-0.1, -0.05) is 6.07 Å². The van der Waals surface area contributed by atoms with Gasteiger partial charge in [0.05, 0.1) is 15.8 Å². The number of carbonyl (C=O) groups excluding carboxylic acids is 2. The van der Waals surface area contributed by atoms with E-state index in [-0.39, 0.29) is 27.8 Å². The van der Waals surface area contributed by atoms with E-state index in [9.17, 15) is 18.0 Å². The Bertz CT molecular complexity index is 1250. The van der Waals surface area contributed by atoms with E-state index in [2.05, 4.69) is 20.3 Å². The summed E-state index contributed by atoms with van der Waals surface area (Å²) in [5.74, 6) is -0.263. The fraction of sp³-hybridized carbons (Fsp3) is 0.0952. The number of sulfonamides is 1. The number of nitrogens with zero attached hydrogens (tertiary/aromatic N) is 1. The Balaban J connectivity index is 1.46. The van der Waals surface area contributed by atoms with Crippen LogP contribution in [0.25, 0.3) is 0 Å². The van der Waals surface area contributed by atoms with Gasteiger partial charge < -0.3 is 10.6 Å². The number of amides is 2. The van der Waals surface area contributed by atoms with Crippen LogP contribution in [0, 0.1) is 0 Å². The molecule has 2 aromatic carbocycles. The first kappa shape index (κ1) is 20.9. The highest BCUT2D eigenvalue weighted by Gasteiger charge is 2.24. The summed E-state index contributed by atoms with van der Waals surface area (Å²) in [6.45, 7) is 1.82. The number of fused-ring (bicyclic) bond motifs is 1. The molecule has 158 valence electrons. The van der Waals surface area contributed by atoms with Gasteiger partial charge in [-0.25, -0.2) is 13.4 Å². The fourth-order valence-electron chi connectivity index (χ4n) is 2.89. The molecule has 3 N–H and O–H groups in total. The van der Waals surface area contributed by atoms with Crippen molar-refractivity contribution < 1.29 is 18.0 Å². The van der Waals surface area contributed by atoms with Crippen LogP contribution in [-0.2, 0) is 14.8 Å². The maximum Gasteiger partial charge on any atom is 0.263 e. The molecule has 0 saturated carbocycles. The first-order valence-corrected chi connectivity index (χ1v) is 11.6. The van der Waals surface area contributed by atoms with Crippen molar-refractivity contribution in [1.29, 1.82) is 0 Å². The van der Waals surface area contributed by atoms with Crippen LogP contribution in [0.15, 0.2) is 76.7 Å². The van der Waals surface area contributed by atoms with Gasteiger partial charge in [0.2, 0.25) is 5.91 Å². The van der Waals surface area contributed by atoms with E-state index in [1.54, 1.807) is 36.4 Å². The topological polar surface area (TPSA) is 117 Å². The highest BCUT2D eigenvalue weighted by molar-refractivity contribution is 8.01. The third-order valence-corrected chi connectivity index (χ3v) is 7.05. The predicted octanol–water partition coefficient (Wildman–Crippen LogP) is 3.57. The first-order chi connectivity index (χ1) is 14.8. The second kappa shape index (κ2) is 8.40. The van der Waals surface area contributed by atoms with Gasteiger partial charge in [-0.2, -0.15) is 0 Å². The van der Waals surface area contributed by atoms with Crippen molar-refractivity contribution in [2.75, 3.05) is 15.4 Å². The lowest BCUT2D eigenvalue weighted by Crippen LogP contribution is -2.26. The second-order valence-corrected chi connectivity index (χ2v) is 9.82. The number of rotatable bonds is 5. The molecule has 0 bridgehead atoms. The molecular formula is C21H18N4O4S2. The van der Waals surface area contributed by atoms with Crippen LogP contribution in [0.4, 0.5) is 17.2 Å². The van der Waals surface area contributed by atoms with Gasteiger partial charge in [0.25, 0.3) is 15.9 Å². The Morgan fingerprint density at radius 1 is 1.10 bits per heavy atom. The van der Waals surface area contributed by atoms with E-state index in [1.807, 2.05) is 6.92 Å². The predicted molar refractivity (Wildman–Crippen MR) is 120 cm³/mol. The number of anilines is 3. The van der Waals surface area contributed by atoms with E-state index in [0.717, 1.165) is 4.90 Å².